The molecule has 71 heavy (non-hydrogen) atoms. The molecule has 18 heteroatoms. The van der Waals surface area contributed by atoms with Gasteiger partial charge in [-0.2, -0.15) is 0 Å². The molecule has 1 atom stereocenters. The number of aromatic amines is 1. The van der Waals surface area contributed by atoms with Gasteiger partial charge in [-0.1, -0.05) is 98.5 Å². The molecule has 8 N–H and O–H groups in total. The van der Waals surface area contributed by atoms with E-state index in [1.54, 1.807) is 31.3 Å². The van der Waals surface area contributed by atoms with Crippen LogP contribution in [-0.4, -0.2) is 114 Å². The van der Waals surface area contributed by atoms with Gasteiger partial charge in [0.15, 0.2) is 5.76 Å². The number of H-pyrrole nitrogens is 1. The molecule has 3 aromatic heterocycles. The maximum Gasteiger partial charge on any atom is 0.290 e. The van der Waals surface area contributed by atoms with Gasteiger partial charge in [-0.3, -0.25) is 19.0 Å². The molecule has 4 heterocycles. The Hall–Kier alpha value is -6.63. The summed E-state index contributed by atoms with van der Waals surface area (Å²) in [6, 6.07) is 13.3. The van der Waals surface area contributed by atoms with Gasteiger partial charge in [-0.05, 0) is 70.6 Å². The van der Waals surface area contributed by atoms with Crippen molar-refractivity contribution in [2.24, 2.45) is 5.73 Å². The van der Waals surface area contributed by atoms with E-state index in [4.69, 9.17) is 24.0 Å². The highest BCUT2D eigenvalue weighted by atomic mass is 19.1. The fourth-order valence-corrected chi connectivity index (χ4v) is 6.30. The van der Waals surface area contributed by atoms with Crippen LogP contribution < -0.4 is 26.4 Å². The lowest BCUT2D eigenvalue weighted by Crippen LogP contribution is -2.37. The first-order valence-electron chi connectivity index (χ1n) is 24.2. The van der Waals surface area contributed by atoms with Crippen molar-refractivity contribution in [2.75, 3.05) is 53.9 Å². The molecule has 1 aliphatic rings. The van der Waals surface area contributed by atoms with E-state index in [-0.39, 0.29) is 24.8 Å². The van der Waals surface area contributed by atoms with Crippen LogP contribution in [-0.2, 0) is 32.0 Å². The minimum Gasteiger partial charge on any atom is -0.483 e. The summed E-state index contributed by atoms with van der Waals surface area (Å²) in [6.07, 6.45) is 11.1. The van der Waals surface area contributed by atoms with Gasteiger partial charge in [0, 0.05) is 61.4 Å². The van der Waals surface area contributed by atoms with Crippen molar-refractivity contribution in [1.29, 1.82) is 0 Å². The van der Waals surface area contributed by atoms with E-state index in [2.05, 4.69) is 78.0 Å². The number of carboxylic acid groups (broad SMARTS) is 1. The Morgan fingerprint density at radius 2 is 1.63 bits per heavy atom. The molecule has 17 nitrogen and oxygen atoms in total. The highest BCUT2D eigenvalue weighted by Gasteiger charge is 2.34. The number of nitrogens with zero attached hydrogens (tertiary/aromatic N) is 4. The normalized spacial score (nSPS) is 11.1. The second-order valence-corrected chi connectivity index (χ2v) is 14.5. The summed E-state index contributed by atoms with van der Waals surface area (Å²) in [5.74, 6) is 1.47. The molecule has 5 aromatic rings. The number of nitrogens with two attached hydrogens (primary N) is 1. The van der Waals surface area contributed by atoms with E-state index in [0.717, 1.165) is 71.7 Å². The summed E-state index contributed by atoms with van der Waals surface area (Å²) < 4.78 is 29.9. The molecule has 0 saturated carbocycles. The standard InChI is InChI=1S/C29H28FN5O3.C9H18N2O.C4H9NO.2C3H8.C2H6.CH5N.CH2O2.CH2O/c1-4-19-14-26(38-34-19)29-35-23-7-6-16(22-15-32-27(33-22)8-9-36)10-18(23)12-24(35)28-20(30)11-17(13-25(28)37-29)21(5-2)31-3;1-4-6-11(7-5-2)9(12)8-10-3;1-2-3-5-4-6;2*1-3-2;2*1-2;2-1-3;1-2/h5-7,10-15,29,31,36H,4,8-9H2,1-3H3,(H,32,33);4,10H,1,5-8H2,2-3H3;4H,2-3H2,1H3,(H,5,6);2*3H2,1-2H3;1-2H3;2H2,1H3;1H,(H,2,3);1H2/b21-5-;;;;;;;;. The fourth-order valence-electron chi connectivity index (χ4n) is 6.30. The lowest BCUT2D eigenvalue weighted by molar-refractivity contribution is -0.129. The molecule has 2 aromatic carbocycles. The maximum atomic E-state index is 15.8. The first-order valence-corrected chi connectivity index (χ1v) is 24.2. The highest BCUT2D eigenvalue weighted by molar-refractivity contribution is 5.92. The molecule has 0 fully saturated rings. The lowest BCUT2D eigenvalue weighted by Gasteiger charge is -2.29. The molecular formula is C53H86FN9O8. The first-order chi connectivity index (χ1) is 34.5. The predicted molar refractivity (Wildman–Crippen MR) is 288 cm³/mol. The van der Waals surface area contributed by atoms with Gasteiger partial charge in [0.25, 0.3) is 6.47 Å². The number of imidazole rings is 1. The zero-order valence-electron chi connectivity index (χ0n) is 44.8. The lowest BCUT2D eigenvalue weighted by atomic mass is 10.0. The second-order valence-electron chi connectivity index (χ2n) is 14.5. The van der Waals surface area contributed by atoms with E-state index in [9.17, 15) is 14.7 Å². The number of halogens is 1. The Kier molecular flexibility index (Phi) is 41.9. The van der Waals surface area contributed by atoms with Crippen LogP contribution >= 0.6 is 0 Å². The number of amides is 2. The molecular weight excluding hydrogens is 910 g/mol. The van der Waals surface area contributed by atoms with E-state index in [0.29, 0.717) is 54.3 Å². The minimum atomic E-state index is -0.657. The van der Waals surface area contributed by atoms with Gasteiger partial charge in [-0.15, -0.1) is 6.58 Å². The third-order valence-electron chi connectivity index (χ3n) is 8.96. The van der Waals surface area contributed by atoms with E-state index in [1.165, 1.54) is 26.0 Å². The van der Waals surface area contributed by atoms with Gasteiger partial charge in [0.05, 0.1) is 47.5 Å². The van der Waals surface area contributed by atoms with Crippen molar-refractivity contribution < 1.29 is 43.0 Å². The number of fused-ring (bicyclic) bond motifs is 5. The van der Waals surface area contributed by atoms with Crippen LogP contribution in [0.25, 0.3) is 39.1 Å². The second kappa shape index (κ2) is 43.4. The summed E-state index contributed by atoms with van der Waals surface area (Å²) >= 11 is 0. The van der Waals surface area contributed by atoms with Crippen LogP contribution in [0.2, 0.25) is 0 Å². The molecule has 0 spiro atoms. The van der Waals surface area contributed by atoms with Crippen molar-refractivity contribution in [3.8, 4) is 28.3 Å². The molecule has 0 radical (unpaired) electrons. The van der Waals surface area contributed by atoms with Crippen molar-refractivity contribution in [1.82, 2.24) is 40.5 Å². The van der Waals surface area contributed by atoms with Crippen molar-refractivity contribution >= 4 is 42.2 Å². The largest absolute Gasteiger partial charge is 0.483 e. The van der Waals surface area contributed by atoms with Crippen LogP contribution in [0.3, 0.4) is 0 Å². The number of carbonyl (C=O) groups excluding carboxylic acids is 3. The third kappa shape index (κ3) is 23.2. The number of ether oxygens (including phenoxy) is 1. The van der Waals surface area contributed by atoms with E-state index < -0.39 is 6.23 Å². The average molecular weight is 996 g/mol. The number of hydrogen-bond acceptors (Lipinski definition) is 12. The van der Waals surface area contributed by atoms with Crippen molar-refractivity contribution in [3.63, 3.8) is 0 Å². The van der Waals surface area contributed by atoms with Gasteiger partial charge >= 0.3 is 0 Å². The summed E-state index contributed by atoms with van der Waals surface area (Å²) in [4.78, 5) is 46.6. The number of aliphatic hydroxyl groups is 1. The van der Waals surface area contributed by atoms with Crippen molar-refractivity contribution in [2.45, 2.75) is 114 Å². The van der Waals surface area contributed by atoms with Gasteiger partial charge in [0.1, 0.15) is 24.2 Å². The molecule has 1 aliphatic heterocycles. The van der Waals surface area contributed by atoms with Crippen LogP contribution in [0.5, 0.6) is 5.75 Å². The summed E-state index contributed by atoms with van der Waals surface area (Å²) in [5.41, 5.74) is 10.6. The number of aryl methyl sites for hydroxylation is 1. The Bertz CT molecular complexity index is 2200. The van der Waals surface area contributed by atoms with Gasteiger partial charge < -0.3 is 55.8 Å². The Balaban J connectivity index is -0.00000115. The molecule has 6 rings (SSSR count). The number of likely N-dealkylation sites (N-methyl/N-ethyl adjacent to an activating group) is 1. The topological polar surface area (TPSA) is 243 Å². The number of carbonyl (C=O) groups is 4. The number of aromatic nitrogens is 4. The minimum absolute atomic E-state index is 0.0253. The SMILES string of the molecule is C/C=C(\NC)c1cc(F)c2c(c1)OC(c1cc(CC)no1)n1c-2cc2cc(-c3cnc(CCO)[nH]3)ccc21.C=CCN(CCC)C(=O)CNC.C=O.CC.CCC.CCC.CCCNC=O.CN.O=CO. The number of hydrogen-bond donors (Lipinski definition) is 7. The van der Waals surface area contributed by atoms with Crippen LogP contribution in [0.15, 0.2) is 71.9 Å². The molecule has 0 bridgehead atoms. The van der Waals surface area contributed by atoms with E-state index >= 15 is 4.39 Å². The Morgan fingerprint density at radius 1 is 1.00 bits per heavy atom. The van der Waals surface area contributed by atoms with Crippen LogP contribution in [0.1, 0.15) is 124 Å². The Labute approximate surface area is 422 Å². The number of rotatable bonds is 16. The number of benzene rings is 2. The fraction of sp³-hybridized carbons (Fsp3) is 0.472. The molecule has 0 saturated heterocycles. The quantitative estimate of drug-likeness (QED) is 0.0277. The monoisotopic (exact) mass is 996 g/mol. The number of allylic oxidation sites excluding steroid dienone is 1. The highest BCUT2D eigenvalue weighted by Crippen LogP contribution is 2.46. The molecule has 398 valence electrons. The van der Waals surface area contributed by atoms with Crippen molar-refractivity contribution in [3.05, 3.63) is 96.1 Å². The van der Waals surface area contributed by atoms with Gasteiger partial charge in [0.2, 0.25) is 18.5 Å². The predicted octanol–water partition coefficient (Wildman–Crippen LogP) is 9.16. The third-order valence-corrected chi connectivity index (χ3v) is 8.96. The molecule has 1 unspecified atom stereocenters. The molecule has 2 amide bonds. The van der Waals surface area contributed by atoms with Crippen LogP contribution in [0, 0.1) is 5.82 Å². The smallest absolute Gasteiger partial charge is 0.290 e. The Morgan fingerprint density at radius 3 is 2.11 bits per heavy atom. The van der Waals surface area contributed by atoms with Gasteiger partial charge in [-0.25, -0.2) is 9.37 Å². The zero-order chi connectivity index (χ0) is 54.7. The number of aliphatic hydroxyl groups excluding tert-OH is 1. The zero-order valence-corrected chi connectivity index (χ0v) is 44.8. The number of nitrogens with one attached hydrogen (secondary N) is 4. The molecule has 0 aliphatic carbocycles. The average Bonchev–Trinajstić information content (AvgIpc) is 4.16. The summed E-state index contributed by atoms with van der Waals surface area (Å²) in [5, 5.41) is 29.7. The maximum absolute atomic E-state index is 15.8. The van der Waals surface area contributed by atoms with Crippen LogP contribution in [0.4, 0.5) is 4.39 Å². The summed E-state index contributed by atoms with van der Waals surface area (Å²) in [6.45, 7) is 28.5. The first kappa shape index (κ1) is 68.6. The van der Waals surface area contributed by atoms with E-state index in [1.807, 2.05) is 88.4 Å². The summed E-state index contributed by atoms with van der Waals surface area (Å²) in [7, 11) is 5.08.